The van der Waals surface area contributed by atoms with Crippen molar-refractivity contribution in [2.75, 3.05) is 32.8 Å². The molecule has 0 saturated carbocycles. The molecule has 2 aliphatic rings. The minimum Gasteiger partial charge on any atom is -0.491 e. The molecule has 194 valence electrons. The Morgan fingerprint density at radius 2 is 2.05 bits per heavy atom. The third kappa shape index (κ3) is 5.86. The van der Waals surface area contributed by atoms with E-state index >= 15 is 0 Å². The lowest BCUT2D eigenvalue weighted by molar-refractivity contribution is -0.135. The van der Waals surface area contributed by atoms with Crippen molar-refractivity contribution in [2.45, 2.75) is 38.3 Å². The molecule has 2 aromatic carbocycles. The molecule has 8 heteroatoms. The van der Waals surface area contributed by atoms with Gasteiger partial charge in [-0.2, -0.15) is 0 Å². The van der Waals surface area contributed by atoms with Crippen LogP contribution < -0.4 is 4.74 Å². The van der Waals surface area contributed by atoms with Crippen molar-refractivity contribution < 1.29 is 23.5 Å². The molecule has 2 aliphatic heterocycles. The summed E-state index contributed by atoms with van der Waals surface area (Å²) in [7, 11) is 0. The Labute approximate surface area is 220 Å². The Bertz CT molecular complexity index is 1260. The van der Waals surface area contributed by atoms with Crippen LogP contribution in [0.3, 0.4) is 0 Å². The second-order valence-corrected chi connectivity index (χ2v) is 10.6. The topological polar surface area (TPSA) is 59.1 Å². The molecule has 5 rings (SSSR count). The van der Waals surface area contributed by atoms with Gasteiger partial charge in [0, 0.05) is 30.1 Å². The minimum absolute atomic E-state index is 0.102. The molecule has 0 spiro atoms. The van der Waals surface area contributed by atoms with E-state index < -0.39 is 5.82 Å². The zero-order chi connectivity index (χ0) is 25.8. The molecule has 3 aromatic rings. The molecular weight excluding hydrogens is 491 g/mol. The highest BCUT2D eigenvalue weighted by Crippen LogP contribution is 2.34. The van der Waals surface area contributed by atoms with E-state index in [2.05, 4.69) is 11.4 Å². The van der Waals surface area contributed by atoms with E-state index in [4.69, 9.17) is 9.47 Å². The third-order valence-electron chi connectivity index (χ3n) is 7.04. The zero-order valence-electron chi connectivity index (χ0n) is 20.9. The van der Waals surface area contributed by atoms with Crippen LogP contribution in [0.1, 0.15) is 45.2 Å². The van der Waals surface area contributed by atoms with Gasteiger partial charge in [0.1, 0.15) is 24.7 Å². The summed E-state index contributed by atoms with van der Waals surface area (Å²) in [5, 5.41) is 2.05. The van der Waals surface area contributed by atoms with Crippen LogP contribution in [0.5, 0.6) is 5.75 Å². The molecular formula is C29H31FN2O4S. The van der Waals surface area contributed by atoms with E-state index in [-0.39, 0.29) is 36.1 Å². The summed E-state index contributed by atoms with van der Waals surface area (Å²) in [4.78, 5) is 31.8. The van der Waals surface area contributed by atoms with Gasteiger partial charge in [-0.15, -0.1) is 11.3 Å². The summed E-state index contributed by atoms with van der Waals surface area (Å²) in [6, 6.07) is 15.2. The first kappa shape index (κ1) is 25.4. The quantitative estimate of drug-likeness (QED) is 0.417. The predicted molar refractivity (Wildman–Crippen MR) is 140 cm³/mol. The van der Waals surface area contributed by atoms with Gasteiger partial charge in [0.05, 0.1) is 12.1 Å². The molecule has 1 saturated heterocycles. The van der Waals surface area contributed by atoms with E-state index in [0.29, 0.717) is 26.3 Å². The molecule has 2 amide bonds. The van der Waals surface area contributed by atoms with E-state index in [0.717, 1.165) is 36.1 Å². The van der Waals surface area contributed by atoms with Crippen LogP contribution in [-0.4, -0.2) is 60.6 Å². The Kier molecular flexibility index (Phi) is 7.86. The number of para-hydroxylation sites is 1. The van der Waals surface area contributed by atoms with Gasteiger partial charge in [-0.3, -0.25) is 9.59 Å². The first-order chi connectivity index (χ1) is 18.0. The lowest BCUT2D eigenvalue weighted by Gasteiger charge is -2.37. The number of fused-ring (bicyclic) bond motifs is 1. The van der Waals surface area contributed by atoms with Gasteiger partial charge in [-0.1, -0.05) is 24.3 Å². The van der Waals surface area contributed by atoms with Gasteiger partial charge < -0.3 is 19.3 Å². The van der Waals surface area contributed by atoms with Gasteiger partial charge >= 0.3 is 0 Å². The molecule has 37 heavy (non-hydrogen) atoms. The minimum atomic E-state index is -0.483. The number of benzene rings is 2. The van der Waals surface area contributed by atoms with Crippen molar-refractivity contribution in [3.05, 3.63) is 87.4 Å². The second kappa shape index (κ2) is 11.4. The van der Waals surface area contributed by atoms with Crippen LogP contribution in [0.4, 0.5) is 4.39 Å². The summed E-state index contributed by atoms with van der Waals surface area (Å²) in [6.45, 7) is 3.71. The Morgan fingerprint density at radius 3 is 2.84 bits per heavy atom. The molecule has 6 nitrogen and oxygen atoms in total. The van der Waals surface area contributed by atoms with Crippen molar-refractivity contribution in [1.82, 2.24) is 9.80 Å². The van der Waals surface area contributed by atoms with Crippen molar-refractivity contribution in [3.8, 4) is 5.75 Å². The second-order valence-electron chi connectivity index (χ2n) is 9.56. The SMILES string of the molecule is Cc1ccccc1OC[C@@H]1c2ccsc2CCN1C(=O)CN(C[C@H]1CCCO1)C(=O)c1cccc(F)c1. The van der Waals surface area contributed by atoms with Crippen LogP contribution in [0.15, 0.2) is 60.0 Å². The summed E-state index contributed by atoms with van der Waals surface area (Å²) >= 11 is 1.70. The monoisotopic (exact) mass is 522 g/mol. The number of thiophene rings is 1. The van der Waals surface area contributed by atoms with Crippen molar-refractivity contribution in [3.63, 3.8) is 0 Å². The Balaban J connectivity index is 1.36. The average Bonchev–Trinajstić information content (AvgIpc) is 3.59. The summed E-state index contributed by atoms with van der Waals surface area (Å²) in [6.07, 6.45) is 2.39. The van der Waals surface area contributed by atoms with E-state index in [1.807, 2.05) is 36.1 Å². The van der Waals surface area contributed by atoms with Gasteiger partial charge in [0.15, 0.2) is 0 Å². The van der Waals surface area contributed by atoms with Crippen LogP contribution in [0.2, 0.25) is 0 Å². The molecule has 0 unspecified atom stereocenters. The molecule has 0 radical (unpaired) electrons. The lowest BCUT2D eigenvalue weighted by atomic mass is 10.00. The number of aryl methyl sites for hydroxylation is 1. The fourth-order valence-corrected chi connectivity index (χ4v) is 6.00. The fourth-order valence-electron chi connectivity index (χ4n) is 5.07. The number of rotatable bonds is 8. The number of carbonyl (C=O) groups is 2. The smallest absolute Gasteiger partial charge is 0.254 e. The molecule has 0 N–H and O–H groups in total. The number of amides is 2. The Hall–Kier alpha value is -3.23. The lowest BCUT2D eigenvalue weighted by Crippen LogP contribution is -2.49. The van der Waals surface area contributed by atoms with E-state index in [1.165, 1.54) is 28.0 Å². The van der Waals surface area contributed by atoms with E-state index in [1.54, 1.807) is 17.4 Å². The average molecular weight is 523 g/mol. The number of halogens is 1. The molecule has 0 aliphatic carbocycles. The van der Waals surface area contributed by atoms with Gasteiger partial charge in [-0.25, -0.2) is 4.39 Å². The molecule has 2 atom stereocenters. The van der Waals surface area contributed by atoms with Crippen LogP contribution in [-0.2, 0) is 16.0 Å². The third-order valence-corrected chi connectivity index (χ3v) is 8.03. The normalized spacial score (nSPS) is 18.9. The zero-order valence-corrected chi connectivity index (χ0v) is 21.7. The number of hydrogen-bond acceptors (Lipinski definition) is 5. The number of hydrogen-bond donors (Lipinski definition) is 0. The predicted octanol–water partition coefficient (Wildman–Crippen LogP) is 5.02. The fraction of sp³-hybridized carbons (Fsp3) is 0.379. The first-order valence-electron chi connectivity index (χ1n) is 12.7. The van der Waals surface area contributed by atoms with Gasteiger partial charge in [-0.05, 0) is 73.0 Å². The molecule has 0 bridgehead atoms. The molecule has 3 heterocycles. The maximum atomic E-state index is 13.9. The summed E-state index contributed by atoms with van der Waals surface area (Å²) < 4.78 is 25.8. The standard InChI is InChI=1S/C29H31FN2O4S/c1-20-6-2-3-10-26(20)36-19-25-24-12-15-37-27(24)11-13-32(25)28(33)18-31(17-23-9-5-14-35-23)29(34)21-7-4-8-22(30)16-21/h2-4,6-8,10,12,15-16,23,25H,5,9,11,13-14,17-19H2,1H3/t23-,25-/m1/s1. The Morgan fingerprint density at radius 1 is 1.19 bits per heavy atom. The summed E-state index contributed by atoms with van der Waals surface area (Å²) in [5.41, 5.74) is 2.36. The largest absolute Gasteiger partial charge is 0.491 e. The van der Waals surface area contributed by atoms with Crippen LogP contribution >= 0.6 is 11.3 Å². The van der Waals surface area contributed by atoms with E-state index in [9.17, 15) is 14.0 Å². The molecule has 1 aromatic heterocycles. The first-order valence-corrected chi connectivity index (χ1v) is 13.6. The highest BCUT2D eigenvalue weighted by atomic mass is 32.1. The number of ether oxygens (including phenoxy) is 2. The van der Waals surface area contributed by atoms with Gasteiger partial charge in [0.25, 0.3) is 5.91 Å². The van der Waals surface area contributed by atoms with Crippen LogP contribution in [0.25, 0.3) is 0 Å². The number of nitrogens with zero attached hydrogens (tertiary/aromatic N) is 2. The highest BCUT2D eigenvalue weighted by molar-refractivity contribution is 7.10. The van der Waals surface area contributed by atoms with Crippen molar-refractivity contribution >= 4 is 23.2 Å². The van der Waals surface area contributed by atoms with Crippen LogP contribution in [0, 0.1) is 12.7 Å². The van der Waals surface area contributed by atoms with Crippen molar-refractivity contribution in [2.24, 2.45) is 0 Å². The number of carbonyl (C=O) groups excluding carboxylic acids is 2. The van der Waals surface area contributed by atoms with Gasteiger partial charge in [0.2, 0.25) is 5.91 Å². The molecule has 1 fully saturated rings. The maximum absolute atomic E-state index is 13.9. The maximum Gasteiger partial charge on any atom is 0.254 e. The van der Waals surface area contributed by atoms with Crippen molar-refractivity contribution in [1.29, 1.82) is 0 Å². The summed E-state index contributed by atoms with van der Waals surface area (Å²) in [5.74, 6) is -0.218. The highest BCUT2D eigenvalue weighted by Gasteiger charge is 2.34.